The van der Waals surface area contributed by atoms with Crippen molar-refractivity contribution in [3.05, 3.63) is 11.5 Å². The lowest BCUT2D eigenvalue weighted by atomic mass is 10.3. The maximum absolute atomic E-state index is 11.9. The normalized spacial score (nSPS) is 18.7. The minimum atomic E-state index is -2.98. The van der Waals surface area contributed by atoms with Gasteiger partial charge in [0, 0.05) is 13.1 Å². The van der Waals surface area contributed by atoms with Crippen molar-refractivity contribution >= 4 is 21.6 Å². The lowest BCUT2D eigenvalue weighted by Gasteiger charge is -2.26. The fourth-order valence-electron chi connectivity index (χ4n) is 1.76. The van der Waals surface area contributed by atoms with Gasteiger partial charge in [-0.05, 0) is 13.8 Å². The van der Waals surface area contributed by atoms with Crippen LogP contribution in [-0.4, -0.2) is 49.1 Å². The standard InChI is InChI=1S/C10H15N3O4S/c1-7-9(8(2)17-12-7)11-10(14)13-3-5-18(15,16)6-4-13/h3-6H2,1-2H3,(H,11,14). The van der Waals surface area contributed by atoms with Gasteiger partial charge < -0.3 is 14.7 Å². The highest BCUT2D eigenvalue weighted by Gasteiger charge is 2.26. The zero-order chi connectivity index (χ0) is 13.3. The average molecular weight is 273 g/mol. The molecule has 0 aliphatic carbocycles. The molecule has 1 N–H and O–H groups in total. The molecule has 1 fully saturated rings. The van der Waals surface area contributed by atoms with Gasteiger partial charge in [-0.2, -0.15) is 0 Å². The number of amides is 2. The van der Waals surface area contributed by atoms with Gasteiger partial charge in [-0.25, -0.2) is 13.2 Å². The molecule has 1 aliphatic heterocycles. The number of carbonyl (C=O) groups excluding carboxylic acids is 1. The molecule has 0 atom stereocenters. The molecular weight excluding hydrogens is 258 g/mol. The maximum Gasteiger partial charge on any atom is 0.322 e. The van der Waals surface area contributed by atoms with Crippen LogP contribution < -0.4 is 5.32 Å². The van der Waals surface area contributed by atoms with Crippen LogP contribution in [0.3, 0.4) is 0 Å². The Morgan fingerprint density at radius 2 is 1.94 bits per heavy atom. The first-order valence-electron chi connectivity index (χ1n) is 5.58. The van der Waals surface area contributed by atoms with E-state index in [4.69, 9.17) is 4.52 Å². The van der Waals surface area contributed by atoms with Gasteiger partial charge >= 0.3 is 6.03 Å². The Morgan fingerprint density at radius 3 is 2.44 bits per heavy atom. The largest absolute Gasteiger partial charge is 0.359 e. The molecular formula is C10H15N3O4S. The van der Waals surface area contributed by atoms with E-state index >= 15 is 0 Å². The fourth-order valence-corrected chi connectivity index (χ4v) is 2.96. The minimum absolute atomic E-state index is 0.0159. The summed E-state index contributed by atoms with van der Waals surface area (Å²) < 4.78 is 27.5. The average Bonchev–Trinajstić information content (AvgIpc) is 2.60. The monoisotopic (exact) mass is 273 g/mol. The number of rotatable bonds is 1. The Labute approximate surface area is 105 Å². The lowest BCUT2D eigenvalue weighted by Crippen LogP contribution is -2.45. The lowest BCUT2D eigenvalue weighted by molar-refractivity contribution is 0.216. The van der Waals surface area contributed by atoms with Crippen molar-refractivity contribution in [2.24, 2.45) is 0 Å². The van der Waals surface area contributed by atoms with Crippen molar-refractivity contribution < 1.29 is 17.7 Å². The van der Waals surface area contributed by atoms with E-state index in [-0.39, 0.29) is 30.6 Å². The van der Waals surface area contributed by atoms with Gasteiger partial charge in [-0.3, -0.25) is 0 Å². The smallest absolute Gasteiger partial charge is 0.322 e. The number of aromatic nitrogens is 1. The highest BCUT2D eigenvalue weighted by Crippen LogP contribution is 2.19. The fraction of sp³-hybridized carbons (Fsp3) is 0.600. The van der Waals surface area contributed by atoms with Crippen LogP contribution in [0.2, 0.25) is 0 Å². The predicted octanol–water partition coefficient (Wildman–Crippen LogP) is 0.554. The molecule has 100 valence electrons. The van der Waals surface area contributed by atoms with Crippen LogP contribution in [0.4, 0.5) is 10.5 Å². The second-order valence-corrected chi connectivity index (χ2v) is 6.57. The molecule has 8 heteroatoms. The third-order valence-corrected chi connectivity index (χ3v) is 4.51. The molecule has 0 spiro atoms. The van der Waals surface area contributed by atoms with Crippen LogP contribution in [0.5, 0.6) is 0 Å². The van der Waals surface area contributed by atoms with Gasteiger partial charge in [0.05, 0.1) is 11.5 Å². The van der Waals surface area contributed by atoms with E-state index in [2.05, 4.69) is 10.5 Å². The summed E-state index contributed by atoms with van der Waals surface area (Å²) in [5.74, 6) is 0.565. The van der Waals surface area contributed by atoms with E-state index in [9.17, 15) is 13.2 Å². The molecule has 18 heavy (non-hydrogen) atoms. The Kier molecular flexibility index (Phi) is 3.29. The summed E-state index contributed by atoms with van der Waals surface area (Å²) in [6, 6.07) is -0.320. The predicted molar refractivity (Wildman–Crippen MR) is 65.2 cm³/mol. The summed E-state index contributed by atoms with van der Waals surface area (Å²) in [6.07, 6.45) is 0. The van der Waals surface area contributed by atoms with E-state index < -0.39 is 9.84 Å². The molecule has 1 aliphatic rings. The summed E-state index contributed by atoms with van der Waals surface area (Å²) >= 11 is 0. The summed E-state index contributed by atoms with van der Waals surface area (Å²) in [4.78, 5) is 13.4. The van der Waals surface area contributed by atoms with Crippen LogP contribution in [0.25, 0.3) is 0 Å². The first kappa shape index (κ1) is 12.9. The first-order chi connectivity index (χ1) is 8.39. The van der Waals surface area contributed by atoms with Gasteiger partial charge in [0.2, 0.25) is 0 Å². The third-order valence-electron chi connectivity index (χ3n) is 2.90. The third kappa shape index (κ3) is 2.63. The summed E-state index contributed by atoms with van der Waals surface area (Å²) in [5, 5.41) is 6.42. The molecule has 0 bridgehead atoms. The van der Waals surface area contributed by atoms with Crippen molar-refractivity contribution in [2.45, 2.75) is 13.8 Å². The number of carbonyl (C=O) groups is 1. The van der Waals surface area contributed by atoms with Gasteiger partial charge in [-0.1, -0.05) is 5.16 Å². The van der Waals surface area contributed by atoms with Crippen LogP contribution in [0, 0.1) is 13.8 Å². The van der Waals surface area contributed by atoms with Gasteiger partial charge in [0.15, 0.2) is 15.6 Å². The molecule has 2 rings (SSSR count). The minimum Gasteiger partial charge on any atom is -0.359 e. The van der Waals surface area contributed by atoms with E-state index in [0.717, 1.165) is 0 Å². The molecule has 2 amide bonds. The number of nitrogens with one attached hydrogen (secondary N) is 1. The number of urea groups is 1. The zero-order valence-electron chi connectivity index (χ0n) is 10.3. The zero-order valence-corrected chi connectivity index (χ0v) is 11.1. The van der Waals surface area contributed by atoms with Crippen LogP contribution in [0.1, 0.15) is 11.5 Å². The number of aryl methyl sites for hydroxylation is 2. The van der Waals surface area contributed by atoms with Crippen LogP contribution in [-0.2, 0) is 9.84 Å². The van der Waals surface area contributed by atoms with Crippen molar-refractivity contribution in [2.75, 3.05) is 29.9 Å². The van der Waals surface area contributed by atoms with Crippen molar-refractivity contribution in [1.82, 2.24) is 10.1 Å². The second kappa shape index (κ2) is 4.60. The number of hydrogen-bond donors (Lipinski definition) is 1. The number of nitrogens with zero attached hydrogens (tertiary/aromatic N) is 2. The SMILES string of the molecule is Cc1noc(C)c1NC(=O)N1CCS(=O)(=O)CC1. The molecule has 1 saturated heterocycles. The molecule has 1 aromatic rings. The Bertz CT molecular complexity index is 530. The topological polar surface area (TPSA) is 92.5 Å². The van der Waals surface area contributed by atoms with E-state index in [0.29, 0.717) is 17.1 Å². The van der Waals surface area contributed by atoms with Crippen LogP contribution in [0.15, 0.2) is 4.52 Å². The van der Waals surface area contributed by atoms with Crippen molar-refractivity contribution in [1.29, 1.82) is 0 Å². The number of hydrogen-bond acceptors (Lipinski definition) is 5. The first-order valence-corrected chi connectivity index (χ1v) is 7.40. The Hall–Kier alpha value is -1.57. The number of anilines is 1. The molecule has 0 aromatic carbocycles. The van der Waals surface area contributed by atoms with Crippen molar-refractivity contribution in [3.63, 3.8) is 0 Å². The molecule has 1 aromatic heterocycles. The quantitative estimate of drug-likeness (QED) is 0.806. The summed E-state index contributed by atoms with van der Waals surface area (Å²) in [6.45, 7) is 3.87. The maximum atomic E-state index is 11.9. The summed E-state index contributed by atoms with van der Waals surface area (Å²) in [7, 11) is -2.98. The molecule has 0 radical (unpaired) electrons. The Morgan fingerprint density at radius 1 is 1.33 bits per heavy atom. The molecule has 2 heterocycles. The van der Waals surface area contributed by atoms with E-state index in [1.54, 1.807) is 13.8 Å². The Balaban J connectivity index is 2.02. The highest BCUT2D eigenvalue weighted by molar-refractivity contribution is 7.91. The van der Waals surface area contributed by atoms with E-state index in [1.807, 2.05) is 0 Å². The van der Waals surface area contributed by atoms with E-state index in [1.165, 1.54) is 4.90 Å². The molecule has 7 nitrogen and oxygen atoms in total. The van der Waals surface area contributed by atoms with Crippen LogP contribution >= 0.6 is 0 Å². The summed E-state index contributed by atoms with van der Waals surface area (Å²) in [5.41, 5.74) is 1.15. The van der Waals surface area contributed by atoms with Gasteiger partial charge in [-0.15, -0.1) is 0 Å². The second-order valence-electron chi connectivity index (χ2n) is 4.27. The highest BCUT2D eigenvalue weighted by atomic mass is 32.2. The van der Waals surface area contributed by atoms with Gasteiger partial charge in [0.25, 0.3) is 0 Å². The molecule has 0 saturated carbocycles. The van der Waals surface area contributed by atoms with Gasteiger partial charge in [0.1, 0.15) is 11.4 Å². The number of sulfone groups is 1. The molecule has 0 unspecified atom stereocenters. The van der Waals surface area contributed by atoms with Crippen molar-refractivity contribution in [3.8, 4) is 0 Å².